The molecule has 0 saturated carbocycles. The molecular weight excluding hydrogens is 255 g/mol. The number of carbonyl (C=O) groups excluding carboxylic acids is 1. The molecule has 20 heavy (non-hydrogen) atoms. The van der Waals surface area contributed by atoms with E-state index in [-0.39, 0.29) is 23.9 Å². The summed E-state index contributed by atoms with van der Waals surface area (Å²) in [4.78, 5) is 12.2. The Labute approximate surface area is 117 Å². The highest BCUT2D eigenvalue weighted by atomic mass is 19.1. The minimum Gasteiger partial charge on any atom is -0.373 e. The Morgan fingerprint density at radius 1 is 1.15 bits per heavy atom. The molecule has 0 saturated heterocycles. The molecule has 1 unspecified atom stereocenters. The van der Waals surface area contributed by atoms with Crippen molar-refractivity contribution in [2.24, 2.45) is 0 Å². The van der Waals surface area contributed by atoms with E-state index < -0.39 is 5.82 Å². The number of ether oxygens (including phenoxy) is 1. The molecule has 1 aliphatic heterocycles. The van der Waals surface area contributed by atoms with E-state index in [1.807, 2.05) is 18.2 Å². The van der Waals surface area contributed by atoms with E-state index in [2.05, 4.69) is 6.07 Å². The van der Waals surface area contributed by atoms with Gasteiger partial charge in [0.2, 0.25) is 0 Å². The zero-order valence-corrected chi connectivity index (χ0v) is 11.0. The standard InChI is InChI=1S/C17H15FO2/c18-15-8-4-3-7-14(15)16(19)11-17-13-6-2-1-5-12(13)9-10-20-17/h1-8,17H,9-11H2. The lowest BCUT2D eigenvalue weighted by molar-refractivity contribution is 0.0351. The van der Waals surface area contributed by atoms with E-state index in [9.17, 15) is 9.18 Å². The molecule has 102 valence electrons. The SMILES string of the molecule is O=C(CC1OCCc2ccccc21)c1ccccc1F. The Bertz CT molecular complexity index is 636. The maximum Gasteiger partial charge on any atom is 0.168 e. The third-order valence-corrected chi connectivity index (χ3v) is 3.64. The van der Waals surface area contributed by atoms with E-state index in [1.54, 1.807) is 12.1 Å². The van der Waals surface area contributed by atoms with Gasteiger partial charge in [-0.3, -0.25) is 4.79 Å². The summed E-state index contributed by atoms with van der Waals surface area (Å²) in [5.41, 5.74) is 2.40. The summed E-state index contributed by atoms with van der Waals surface area (Å²) < 4.78 is 19.3. The molecule has 0 bridgehead atoms. The van der Waals surface area contributed by atoms with Crippen LogP contribution in [0, 0.1) is 5.82 Å². The number of benzene rings is 2. The van der Waals surface area contributed by atoms with Crippen molar-refractivity contribution in [3.8, 4) is 0 Å². The lowest BCUT2D eigenvalue weighted by Crippen LogP contribution is -2.19. The van der Waals surface area contributed by atoms with Crippen LogP contribution in [0.4, 0.5) is 4.39 Å². The maximum atomic E-state index is 13.6. The van der Waals surface area contributed by atoms with Crippen LogP contribution in [-0.2, 0) is 11.2 Å². The largest absolute Gasteiger partial charge is 0.373 e. The Balaban J connectivity index is 1.83. The summed E-state index contributed by atoms with van der Waals surface area (Å²) in [7, 11) is 0. The minimum absolute atomic E-state index is 0.138. The normalized spacial score (nSPS) is 17.6. The van der Waals surface area contributed by atoms with Crippen LogP contribution in [0.2, 0.25) is 0 Å². The van der Waals surface area contributed by atoms with Crippen LogP contribution in [-0.4, -0.2) is 12.4 Å². The van der Waals surface area contributed by atoms with E-state index >= 15 is 0 Å². The van der Waals surface area contributed by atoms with Gasteiger partial charge in [0.1, 0.15) is 5.82 Å². The smallest absolute Gasteiger partial charge is 0.168 e. The van der Waals surface area contributed by atoms with Crippen LogP contribution in [0.15, 0.2) is 48.5 Å². The molecule has 0 amide bonds. The molecular formula is C17H15FO2. The van der Waals surface area contributed by atoms with Gasteiger partial charge in [0.05, 0.1) is 18.3 Å². The zero-order chi connectivity index (χ0) is 13.9. The fourth-order valence-corrected chi connectivity index (χ4v) is 2.61. The fraction of sp³-hybridized carbons (Fsp3) is 0.235. The molecule has 1 aliphatic rings. The average molecular weight is 270 g/mol. The van der Waals surface area contributed by atoms with E-state index in [4.69, 9.17) is 4.74 Å². The Morgan fingerprint density at radius 2 is 1.90 bits per heavy atom. The number of hydrogen-bond acceptors (Lipinski definition) is 2. The van der Waals surface area contributed by atoms with Crippen molar-refractivity contribution < 1.29 is 13.9 Å². The highest BCUT2D eigenvalue weighted by Crippen LogP contribution is 2.30. The summed E-state index contributed by atoms with van der Waals surface area (Å²) >= 11 is 0. The molecule has 0 fully saturated rings. The van der Waals surface area contributed by atoms with Gasteiger partial charge in [-0.15, -0.1) is 0 Å². The first-order chi connectivity index (χ1) is 9.75. The Hall–Kier alpha value is -2.00. The van der Waals surface area contributed by atoms with Gasteiger partial charge in [-0.1, -0.05) is 36.4 Å². The predicted octanol–water partition coefficient (Wildman–Crippen LogP) is 3.71. The number of fused-ring (bicyclic) bond motifs is 1. The first-order valence-electron chi connectivity index (χ1n) is 6.73. The molecule has 1 heterocycles. The number of Topliss-reactive ketones (excluding diaryl/α,β-unsaturated/α-hetero) is 1. The van der Waals surface area contributed by atoms with Crippen molar-refractivity contribution in [2.75, 3.05) is 6.61 Å². The lowest BCUT2D eigenvalue weighted by Gasteiger charge is -2.25. The molecule has 1 atom stereocenters. The first kappa shape index (κ1) is 13.0. The van der Waals surface area contributed by atoms with Crippen molar-refractivity contribution in [2.45, 2.75) is 18.9 Å². The van der Waals surface area contributed by atoms with Crippen LogP contribution in [0.3, 0.4) is 0 Å². The quantitative estimate of drug-likeness (QED) is 0.795. The number of rotatable bonds is 3. The van der Waals surface area contributed by atoms with Gasteiger partial charge in [0.15, 0.2) is 5.78 Å². The minimum atomic E-state index is -0.471. The molecule has 0 aromatic heterocycles. The maximum absolute atomic E-state index is 13.6. The van der Waals surface area contributed by atoms with Crippen molar-refractivity contribution in [3.63, 3.8) is 0 Å². The van der Waals surface area contributed by atoms with E-state index in [0.717, 1.165) is 12.0 Å². The molecule has 0 N–H and O–H groups in total. The zero-order valence-electron chi connectivity index (χ0n) is 11.0. The van der Waals surface area contributed by atoms with Crippen LogP contribution >= 0.6 is 0 Å². The molecule has 3 rings (SSSR count). The second kappa shape index (κ2) is 5.55. The number of ketones is 1. The van der Waals surface area contributed by atoms with E-state index in [0.29, 0.717) is 6.61 Å². The van der Waals surface area contributed by atoms with Gasteiger partial charge in [-0.2, -0.15) is 0 Å². The van der Waals surface area contributed by atoms with Crippen molar-refractivity contribution in [1.29, 1.82) is 0 Å². The number of carbonyl (C=O) groups is 1. The average Bonchev–Trinajstić information content (AvgIpc) is 2.48. The third-order valence-electron chi connectivity index (χ3n) is 3.64. The van der Waals surface area contributed by atoms with Gasteiger partial charge >= 0.3 is 0 Å². The second-order valence-electron chi connectivity index (χ2n) is 4.92. The third kappa shape index (κ3) is 2.49. The van der Waals surface area contributed by atoms with Crippen molar-refractivity contribution >= 4 is 5.78 Å². The first-order valence-corrected chi connectivity index (χ1v) is 6.73. The van der Waals surface area contributed by atoms with Gasteiger partial charge in [0.25, 0.3) is 0 Å². The van der Waals surface area contributed by atoms with Crippen LogP contribution < -0.4 is 0 Å². The monoisotopic (exact) mass is 270 g/mol. The highest BCUT2D eigenvalue weighted by molar-refractivity contribution is 5.96. The summed E-state index contributed by atoms with van der Waals surface area (Å²) in [5.74, 6) is -0.689. The molecule has 0 radical (unpaired) electrons. The fourth-order valence-electron chi connectivity index (χ4n) is 2.61. The molecule has 2 aromatic carbocycles. The Kier molecular flexibility index (Phi) is 3.61. The number of hydrogen-bond donors (Lipinski definition) is 0. The molecule has 0 spiro atoms. The molecule has 3 heteroatoms. The predicted molar refractivity (Wildman–Crippen MR) is 74.2 cm³/mol. The van der Waals surface area contributed by atoms with E-state index in [1.165, 1.54) is 17.7 Å². The number of halogens is 1. The van der Waals surface area contributed by atoms with Gasteiger partial charge < -0.3 is 4.74 Å². The molecule has 2 nitrogen and oxygen atoms in total. The summed E-state index contributed by atoms with van der Waals surface area (Å²) in [6, 6.07) is 14.0. The van der Waals surface area contributed by atoms with Gasteiger partial charge in [0, 0.05) is 6.42 Å². The molecule has 0 aliphatic carbocycles. The second-order valence-corrected chi connectivity index (χ2v) is 4.92. The summed E-state index contributed by atoms with van der Waals surface area (Å²) in [6.45, 7) is 0.603. The van der Waals surface area contributed by atoms with Gasteiger partial charge in [-0.25, -0.2) is 4.39 Å². The lowest BCUT2D eigenvalue weighted by atomic mass is 9.93. The summed E-state index contributed by atoms with van der Waals surface area (Å²) in [6.07, 6.45) is 0.769. The van der Waals surface area contributed by atoms with Crippen molar-refractivity contribution in [3.05, 3.63) is 71.0 Å². The van der Waals surface area contributed by atoms with Crippen LogP contribution in [0.25, 0.3) is 0 Å². The van der Waals surface area contributed by atoms with Crippen LogP contribution in [0.1, 0.15) is 34.0 Å². The Morgan fingerprint density at radius 3 is 2.75 bits per heavy atom. The molecule has 2 aromatic rings. The van der Waals surface area contributed by atoms with Crippen LogP contribution in [0.5, 0.6) is 0 Å². The summed E-state index contributed by atoms with van der Waals surface area (Å²) in [5, 5.41) is 0. The van der Waals surface area contributed by atoms with Gasteiger partial charge in [-0.05, 0) is 29.7 Å². The highest BCUT2D eigenvalue weighted by Gasteiger charge is 2.24. The topological polar surface area (TPSA) is 26.3 Å². The van der Waals surface area contributed by atoms with Crippen molar-refractivity contribution in [1.82, 2.24) is 0 Å².